The van der Waals surface area contributed by atoms with E-state index in [4.69, 9.17) is 12.8 Å². The van der Waals surface area contributed by atoms with Gasteiger partial charge >= 0.3 is 0 Å². The van der Waals surface area contributed by atoms with Crippen LogP contribution in [-0.4, -0.2) is 0 Å². The van der Waals surface area contributed by atoms with Gasteiger partial charge in [0.15, 0.2) is 0 Å². The number of rotatable bonds is 2. The molecule has 0 unspecified atom stereocenters. The Morgan fingerprint density at radius 1 is 1.25 bits per heavy atom. The van der Waals surface area contributed by atoms with Gasteiger partial charge in [0.1, 0.15) is 0 Å². The molecule has 0 heteroatoms. The van der Waals surface area contributed by atoms with E-state index in [0.717, 1.165) is 0 Å². The third-order valence-corrected chi connectivity index (χ3v) is 0.808. The van der Waals surface area contributed by atoms with Gasteiger partial charge in [-0.05, 0) is 5.92 Å². The van der Waals surface area contributed by atoms with E-state index in [1.54, 1.807) is 0 Å². The Morgan fingerprint density at radius 3 is 1.88 bits per heavy atom. The van der Waals surface area contributed by atoms with Crippen LogP contribution in [0.15, 0.2) is 0 Å². The lowest BCUT2D eigenvalue weighted by Crippen LogP contribution is -1.85. The Kier molecular flexibility index (Phi) is 3.81. The zero-order chi connectivity index (χ0) is 6.41. The van der Waals surface area contributed by atoms with Gasteiger partial charge in [-0.25, -0.2) is 0 Å². The highest BCUT2D eigenvalue weighted by Gasteiger charge is 1.94. The Labute approximate surface area is 51.3 Å². The Balaban J connectivity index is 3.25. The Bertz CT molecular complexity index is 104. The summed E-state index contributed by atoms with van der Waals surface area (Å²) in [6.07, 6.45) is 11.5. The molecule has 0 aliphatic carbocycles. The van der Waals surface area contributed by atoms with Crippen molar-refractivity contribution in [1.82, 2.24) is 0 Å². The minimum Gasteiger partial charge on any atom is -0.120 e. The highest BCUT2D eigenvalue weighted by Crippen LogP contribution is 2.06. The zero-order valence-corrected chi connectivity index (χ0v) is 5.07. The molecule has 0 aromatic heterocycles. The fourth-order valence-corrected chi connectivity index (χ4v) is 0.411. The molecule has 0 heterocycles. The maximum atomic E-state index is 5.02. The summed E-state index contributed by atoms with van der Waals surface area (Å²) < 4.78 is 0. The molecular formula is C8H9. The maximum Gasteiger partial charge on any atom is 0.0155 e. The molecule has 0 aromatic carbocycles. The van der Waals surface area contributed by atoms with E-state index in [-0.39, 0.29) is 0 Å². The van der Waals surface area contributed by atoms with E-state index in [9.17, 15) is 0 Å². The van der Waals surface area contributed by atoms with Crippen LogP contribution in [0.4, 0.5) is 0 Å². The summed E-state index contributed by atoms with van der Waals surface area (Å²) in [5.74, 6) is 6.23. The van der Waals surface area contributed by atoms with Crippen molar-refractivity contribution in [2.24, 2.45) is 0 Å². The first kappa shape index (κ1) is 7.12. The van der Waals surface area contributed by atoms with Crippen LogP contribution < -0.4 is 0 Å². The standard InChI is InChI=1S/C8H9/c1-4-6-8(3)7-5-2/h1-2H,6-7H2,3H3. The predicted molar refractivity (Wildman–Crippen MR) is 35.8 cm³/mol. The van der Waals surface area contributed by atoms with Gasteiger partial charge in [0, 0.05) is 12.8 Å². The van der Waals surface area contributed by atoms with E-state index < -0.39 is 0 Å². The monoisotopic (exact) mass is 105 g/mol. The number of hydrogen-bond acceptors (Lipinski definition) is 0. The second-order valence-electron chi connectivity index (χ2n) is 1.72. The lowest BCUT2D eigenvalue weighted by molar-refractivity contribution is 0.945. The summed E-state index contributed by atoms with van der Waals surface area (Å²) in [5, 5.41) is 0. The van der Waals surface area contributed by atoms with Gasteiger partial charge in [-0.1, -0.05) is 6.92 Å². The Morgan fingerprint density at radius 2 is 1.62 bits per heavy atom. The average Bonchev–Trinajstić information content (AvgIpc) is 1.68. The molecule has 1 radical (unpaired) electrons. The number of hydrogen-bond donors (Lipinski definition) is 0. The molecule has 0 aliphatic rings. The lowest BCUT2D eigenvalue weighted by Gasteiger charge is -1.97. The molecule has 0 aromatic rings. The molecule has 0 saturated heterocycles. The van der Waals surface area contributed by atoms with E-state index in [0.29, 0.717) is 12.8 Å². The summed E-state index contributed by atoms with van der Waals surface area (Å²) in [6.45, 7) is 1.97. The van der Waals surface area contributed by atoms with Crippen molar-refractivity contribution in [3.8, 4) is 24.7 Å². The van der Waals surface area contributed by atoms with Crippen molar-refractivity contribution in [2.75, 3.05) is 0 Å². The zero-order valence-electron chi connectivity index (χ0n) is 5.07. The molecule has 41 valence electrons. The first-order chi connectivity index (χ1) is 3.81. The second-order valence-corrected chi connectivity index (χ2v) is 1.72. The summed E-state index contributed by atoms with van der Waals surface area (Å²) in [7, 11) is 0. The molecule has 0 atom stereocenters. The first-order valence-electron chi connectivity index (χ1n) is 2.49. The largest absolute Gasteiger partial charge is 0.120 e. The molecule has 0 aliphatic heterocycles. The van der Waals surface area contributed by atoms with Crippen LogP contribution >= 0.6 is 0 Å². The van der Waals surface area contributed by atoms with Gasteiger partial charge in [-0.2, -0.15) is 0 Å². The van der Waals surface area contributed by atoms with Gasteiger partial charge in [0.2, 0.25) is 0 Å². The smallest absolute Gasteiger partial charge is 0.0155 e. The quantitative estimate of drug-likeness (QED) is 0.468. The van der Waals surface area contributed by atoms with E-state index >= 15 is 0 Å². The minimum atomic E-state index is 0.712. The molecule has 0 bridgehead atoms. The summed E-state index contributed by atoms with van der Waals surface area (Å²) in [5.41, 5.74) is 0. The van der Waals surface area contributed by atoms with Crippen LogP contribution in [0.1, 0.15) is 19.8 Å². The lowest BCUT2D eigenvalue weighted by atomic mass is 10.1. The molecular weight excluding hydrogens is 96.1 g/mol. The van der Waals surface area contributed by atoms with E-state index in [2.05, 4.69) is 11.8 Å². The van der Waals surface area contributed by atoms with Crippen molar-refractivity contribution in [1.29, 1.82) is 0 Å². The van der Waals surface area contributed by atoms with Crippen LogP contribution in [0.25, 0.3) is 0 Å². The van der Waals surface area contributed by atoms with Crippen LogP contribution in [0.5, 0.6) is 0 Å². The van der Waals surface area contributed by atoms with Gasteiger partial charge < -0.3 is 0 Å². The van der Waals surface area contributed by atoms with Crippen molar-refractivity contribution in [3.05, 3.63) is 5.92 Å². The first-order valence-corrected chi connectivity index (χ1v) is 2.49. The minimum absolute atomic E-state index is 0.712. The topological polar surface area (TPSA) is 0 Å². The van der Waals surface area contributed by atoms with Gasteiger partial charge in [-0.3, -0.25) is 0 Å². The highest BCUT2D eigenvalue weighted by molar-refractivity contribution is 5.06. The van der Waals surface area contributed by atoms with E-state index in [1.807, 2.05) is 6.92 Å². The highest BCUT2D eigenvalue weighted by atomic mass is 14.0. The molecule has 0 N–H and O–H groups in total. The van der Waals surface area contributed by atoms with Gasteiger partial charge in [0.05, 0.1) is 0 Å². The molecule has 0 saturated carbocycles. The number of terminal acetylenes is 2. The summed E-state index contributed by atoms with van der Waals surface area (Å²) >= 11 is 0. The van der Waals surface area contributed by atoms with Crippen LogP contribution in [0.3, 0.4) is 0 Å². The predicted octanol–water partition coefficient (Wildman–Crippen LogP) is 1.63. The average molecular weight is 105 g/mol. The fourth-order valence-electron chi connectivity index (χ4n) is 0.411. The van der Waals surface area contributed by atoms with Crippen molar-refractivity contribution >= 4 is 0 Å². The summed E-state index contributed by atoms with van der Waals surface area (Å²) in [4.78, 5) is 0. The SMILES string of the molecule is C#CC[C](C)CC#C. The second kappa shape index (κ2) is 4.28. The normalized spacial score (nSPS) is 8.00. The van der Waals surface area contributed by atoms with E-state index in [1.165, 1.54) is 5.92 Å². The van der Waals surface area contributed by atoms with Crippen LogP contribution in [-0.2, 0) is 0 Å². The van der Waals surface area contributed by atoms with Gasteiger partial charge in [0.25, 0.3) is 0 Å². The molecule has 0 nitrogen and oxygen atoms in total. The molecule has 0 amide bonds. The molecule has 0 fully saturated rings. The van der Waals surface area contributed by atoms with Crippen molar-refractivity contribution in [3.63, 3.8) is 0 Å². The molecule has 0 rings (SSSR count). The van der Waals surface area contributed by atoms with Crippen LogP contribution in [0, 0.1) is 30.6 Å². The summed E-state index contributed by atoms with van der Waals surface area (Å²) in [6, 6.07) is 0. The van der Waals surface area contributed by atoms with Crippen molar-refractivity contribution in [2.45, 2.75) is 19.8 Å². The van der Waals surface area contributed by atoms with Crippen LogP contribution in [0.2, 0.25) is 0 Å². The third-order valence-electron chi connectivity index (χ3n) is 0.808. The molecule has 0 spiro atoms. The Hall–Kier alpha value is -0.880. The molecule has 8 heavy (non-hydrogen) atoms. The third kappa shape index (κ3) is 3.32. The van der Waals surface area contributed by atoms with Gasteiger partial charge in [-0.15, -0.1) is 24.7 Å². The fraction of sp³-hybridized carbons (Fsp3) is 0.375. The maximum absolute atomic E-state index is 5.02. The van der Waals surface area contributed by atoms with Crippen molar-refractivity contribution < 1.29 is 0 Å².